The highest BCUT2D eigenvalue weighted by Gasteiger charge is 2.06. The van der Waals surface area contributed by atoms with Crippen LogP contribution in [0.4, 0.5) is 10.9 Å². The third kappa shape index (κ3) is 3.16. The molecule has 0 aliphatic heterocycles. The van der Waals surface area contributed by atoms with Gasteiger partial charge in [0, 0.05) is 17.1 Å². The van der Waals surface area contributed by atoms with Crippen molar-refractivity contribution in [1.29, 1.82) is 0 Å². The van der Waals surface area contributed by atoms with Crippen LogP contribution in [0, 0.1) is 0 Å². The second-order valence-electron chi connectivity index (χ2n) is 4.97. The van der Waals surface area contributed by atoms with Gasteiger partial charge in [-0.15, -0.1) is 11.3 Å². The minimum atomic E-state index is 0.807. The van der Waals surface area contributed by atoms with Gasteiger partial charge >= 0.3 is 0 Å². The highest BCUT2D eigenvalue weighted by atomic mass is 32.1. The van der Waals surface area contributed by atoms with Crippen molar-refractivity contribution in [3.05, 3.63) is 70.9 Å². The maximum Gasteiger partial charge on any atom is 0.188 e. The van der Waals surface area contributed by atoms with Crippen molar-refractivity contribution < 1.29 is 0 Å². The number of pyridine rings is 1. The zero-order valence-electron chi connectivity index (χ0n) is 12.1. The van der Waals surface area contributed by atoms with Crippen molar-refractivity contribution in [3.8, 4) is 22.4 Å². The first-order valence-corrected chi connectivity index (χ1v) is 8.97. The van der Waals surface area contributed by atoms with Crippen LogP contribution in [0.5, 0.6) is 0 Å². The van der Waals surface area contributed by atoms with Crippen LogP contribution < -0.4 is 5.32 Å². The van der Waals surface area contributed by atoms with Crippen LogP contribution in [0.1, 0.15) is 0 Å². The van der Waals surface area contributed by atoms with E-state index in [1.165, 1.54) is 11.1 Å². The fourth-order valence-corrected chi connectivity index (χ4v) is 3.66. The maximum atomic E-state index is 4.64. The van der Waals surface area contributed by atoms with Crippen molar-refractivity contribution in [1.82, 2.24) is 9.97 Å². The van der Waals surface area contributed by atoms with Gasteiger partial charge in [0.15, 0.2) is 5.13 Å². The van der Waals surface area contributed by atoms with E-state index in [0.29, 0.717) is 0 Å². The molecule has 23 heavy (non-hydrogen) atoms. The molecule has 0 fully saturated rings. The number of thiophene rings is 1. The summed E-state index contributed by atoms with van der Waals surface area (Å²) in [6, 6.07) is 16.4. The molecular weight excluding hydrogens is 322 g/mol. The first-order chi connectivity index (χ1) is 11.4. The molecule has 0 spiro atoms. The predicted molar refractivity (Wildman–Crippen MR) is 98.4 cm³/mol. The van der Waals surface area contributed by atoms with Gasteiger partial charge in [-0.2, -0.15) is 11.3 Å². The Kier molecular flexibility index (Phi) is 3.88. The number of hydrogen-bond acceptors (Lipinski definition) is 5. The van der Waals surface area contributed by atoms with Crippen molar-refractivity contribution in [2.75, 3.05) is 5.32 Å². The summed E-state index contributed by atoms with van der Waals surface area (Å²) in [5, 5.41) is 10.4. The molecule has 0 unspecified atom stereocenters. The summed E-state index contributed by atoms with van der Waals surface area (Å²) in [5.74, 6) is 0.807. The summed E-state index contributed by atoms with van der Waals surface area (Å²) < 4.78 is 0. The summed E-state index contributed by atoms with van der Waals surface area (Å²) in [7, 11) is 0. The minimum Gasteiger partial charge on any atom is -0.316 e. The van der Waals surface area contributed by atoms with Gasteiger partial charge in [-0.25, -0.2) is 9.97 Å². The Hall–Kier alpha value is -2.50. The molecule has 0 aliphatic carbocycles. The number of benzene rings is 1. The van der Waals surface area contributed by atoms with Crippen LogP contribution in [-0.2, 0) is 0 Å². The molecule has 0 saturated carbocycles. The van der Waals surface area contributed by atoms with E-state index in [9.17, 15) is 0 Å². The third-order valence-corrected chi connectivity index (χ3v) is 4.88. The molecule has 1 aromatic carbocycles. The Bertz CT molecular complexity index is 882. The topological polar surface area (TPSA) is 37.8 Å². The van der Waals surface area contributed by atoms with Crippen LogP contribution >= 0.6 is 22.7 Å². The molecule has 0 radical (unpaired) electrons. The Morgan fingerprint density at radius 1 is 0.826 bits per heavy atom. The average molecular weight is 335 g/mol. The van der Waals surface area contributed by atoms with Gasteiger partial charge in [-0.3, -0.25) is 0 Å². The van der Waals surface area contributed by atoms with E-state index < -0.39 is 0 Å². The number of thiazole rings is 1. The number of anilines is 2. The molecule has 5 heteroatoms. The summed E-state index contributed by atoms with van der Waals surface area (Å²) in [4.78, 5) is 8.89. The van der Waals surface area contributed by atoms with Gasteiger partial charge in [0.2, 0.25) is 0 Å². The summed E-state index contributed by atoms with van der Waals surface area (Å²) in [6.45, 7) is 0. The molecule has 112 valence electrons. The highest BCUT2D eigenvalue weighted by Crippen LogP contribution is 2.29. The van der Waals surface area contributed by atoms with E-state index in [4.69, 9.17) is 0 Å². The van der Waals surface area contributed by atoms with Crippen LogP contribution in [0.25, 0.3) is 22.4 Å². The van der Waals surface area contributed by atoms with Gasteiger partial charge in [0.1, 0.15) is 5.82 Å². The normalized spacial score (nSPS) is 10.6. The van der Waals surface area contributed by atoms with Gasteiger partial charge in [-0.1, -0.05) is 30.3 Å². The minimum absolute atomic E-state index is 0.807. The Balaban J connectivity index is 1.54. The molecule has 0 aliphatic rings. The Morgan fingerprint density at radius 2 is 1.70 bits per heavy atom. The summed E-state index contributed by atoms with van der Waals surface area (Å²) in [5.41, 5.74) is 4.59. The van der Waals surface area contributed by atoms with E-state index in [1.54, 1.807) is 28.9 Å². The highest BCUT2D eigenvalue weighted by molar-refractivity contribution is 7.14. The lowest BCUT2D eigenvalue weighted by Gasteiger charge is -2.01. The largest absolute Gasteiger partial charge is 0.316 e. The second kappa shape index (κ2) is 6.32. The van der Waals surface area contributed by atoms with Crippen LogP contribution in [0.3, 0.4) is 0 Å². The quantitative estimate of drug-likeness (QED) is 0.521. The van der Waals surface area contributed by atoms with E-state index in [1.807, 2.05) is 18.2 Å². The lowest BCUT2D eigenvalue weighted by molar-refractivity contribution is 1.29. The van der Waals surface area contributed by atoms with Crippen molar-refractivity contribution in [2.45, 2.75) is 0 Å². The predicted octanol–water partition coefficient (Wildman–Crippen LogP) is 5.68. The second-order valence-corrected chi connectivity index (χ2v) is 6.61. The lowest BCUT2D eigenvalue weighted by Crippen LogP contribution is -1.91. The average Bonchev–Trinajstić information content (AvgIpc) is 3.28. The monoisotopic (exact) mass is 335 g/mol. The summed E-state index contributed by atoms with van der Waals surface area (Å²) in [6.07, 6.45) is 1.76. The van der Waals surface area contributed by atoms with Crippen molar-refractivity contribution >= 4 is 33.6 Å². The van der Waals surface area contributed by atoms with E-state index in [2.05, 4.69) is 61.8 Å². The Morgan fingerprint density at radius 3 is 2.43 bits per heavy atom. The maximum absolute atomic E-state index is 4.64. The van der Waals surface area contributed by atoms with E-state index in [0.717, 1.165) is 22.2 Å². The molecule has 0 atom stereocenters. The lowest BCUT2D eigenvalue weighted by atomic mass is 10.1. The van der Waals surface area contributed by atoms with Gasteiger partial charge in [0.05, 0.1) is 5.69 Å². The number of rotatable bonds is 4. The van der Waals surface area contributed by atoms with Gasteiger partial charge in [0.25, 0.3) is 0 Å². The van der Waals surface area contributed by atoms with Crippen LogP contribution in [0.2, 0.25) is 0 Å². The molecule has 3 heterocycles. The molecule has 3 nitrogen and oxygen atoms in total. The van der Waals surface area contributed by atoms with Crippen molar-refractivity contribution in [3.63, 3.8) is 0 Å². The molecule has 4 rings (SSSR count). The fraction of sp³-hybridized carbons (Fsp3) is 0. The number of nitrogens with one attached hydrogen (secondary N) is 1. The van der Waals surface area contributed by atoms with Gasteiger partial charge in [-0.05, 0) is 40.1 Å². The van der Waals surface area contributed by atoms with Crippen LogP contribution in [-0.4, -0.2) is 9.97 Å². The third-order valence-electron chi connectivity index (χ3n) is 3.44. The Labute approximate surface area is 142 Å². The van der Waals surface area contributed by atoms with E-state index >= 15 is 0 Å². The summed E-state index contributed by atoms with van der Waals surface area (Å²) >= 11 is 3.29. The van der Waals surface area contributed by atoms with Crippen molar-refractivity contribution in [2.24, 2.45) is 0 Å². The fourth-order valence-electron chi connectivity index (χ4n) is 2.27. The molecule has 0 saturated heterocycles. The molecular formula is C18H13N3S2. The number of nitrogens with zero attached hydrogens (tertiary/aromatic N) is 2. The smallest absolute Gasteiger partial charge is 0.188 e. The van der Waals surface area contributed by atoms with Crippen LogP contribution in [0.15, 0.2) is 70.9 Å². The van der Waals surface area contributed by atoms with Gasteiger partial charge < -0.3 is 5.32 Å². The molecule has 0 bridgehead atoms. The molecule has 3 aromatic heterocycles. The standard InChI is InChI=1S/C18H13N3S2/c1-2-9-19-17(3-1)21-18-20-16(12-23-18)14-6-4-13(5-7-14)15-8-10-22-11-15/h1-12H,(H,19,20,21). The number of hydrogen-bond donors (Lipinski definition) is 1. The molecule has 0 amide bonds. The first kappa shape index (κ1) is 14.1. The first-order valence-electron chi connectivity index (χ1n) is 7.15. The molecule has 1 N–H and O–H groups in total. The van der Waals surface area contributed by atoms with E-state index in [-0.39, 0.29) is 0 Å². The zero-order valence-corrected chi connectivity index (χ0v) is 13.8. The SMILES string of the molecule is c1ccc(Nc2nc(-c3ccc(-c4ccsc4)cc3)cs2)nc1. The molecule has 4 aromatic rings. The number of aromatic nitrogens is 2. The zero-order chi connectivity index (χ0) is 15.5.